The van der Waals surface area contributed by atoms with E-state index < -0.39 is 0 Å². The van der Waals surface area contributed by atoms with Gasteiger partial charge in [0.25, 0.3) is 0 Å². The number of aromatic nitrogens is 2. The lowest BCUT2D eigenvalue weighted by Crippen LogP contribution is -2.43. The second-order valence-corrected chi connectivity index (χ2v) is 7.63. The molecule has 3 aromatic rings. The molecule has 0 radical (unpaired) electrons. The number of anilines is 1. The van der Waals surface area contributed by atoms with E-state index in [4.69, 9.17) is 0 Å². The molecular formula is C24H26N4O. The van der Waals surface area contributed by atoms with Gasteiger partial charge in [-0.05, 0) is 30.9 Å². The Labute approximate surface area is 171 Å². The molecule has 1 aliphatic heterocycles. The highest BCUT2D eigenvalue weighted by atomic mass is 16.1. The summed E-state index contributed by atoms with van der Waals surface area (Å²) in [6.07, 6.45) is 5.59. The highest BCUT2D eigenvalue weighted by Crippen LogP contribution is 2.23. The van der Waals surface area contributed by atoms with E-state index in [1.807, 2.05) is 42.7 Å². The van der Waals surface area contributed by atoms with Gasteiger partial charge in [0.1, 0.15) is 0 Å². The Kier molecular flexibility index (Phi) is 5.84. The number of amides is 1. The second kappa shape index (κ2) is 8.86. The monoisotopic (exact) mass is 386 g/mol. The van der Waals surface area contributed by atoms with Crippen LogP contribution in [0.3, 0.4) is 0 Å². The first kappa shape index (κ1) is 19.1. The summed E-state index contributed by atoms with van der Waals surface area (Å²) < 4.78 is 0. The number of carbonyl (C=O) groups excluding carboxylic acids is 1. The van der Waals surface area contributed by atoms with Gasteiger partial charge in [0.2, 0.25) is 11.9 Å². The third-order valence-corrected chi connectivity index (χ3v) is 5.41. The third kappa shape index (κ3) is 4.80. The molecule has 29 heavy (non-hydrogen) atoms. The summed E-state index contributed by atoms with van der Waals surface area (Å²) in [5.41, 5.74) is 4.45. The van der Waals surface area contributed by atoms with E-state index in [2.05, 4.69) is 51.4 Å². The van der Waals surface area contributed by atoms with Gasteiger partial charge in [0.05, 0.1) is 5.92 Å². The zero-order chi connectivity index (χ0) is 20.1. The molecule has 5 nitrogen and oxygen atoms in total. The quantitative estimate of drug-likeness (QED) is 0.720. The molecule has 148 valence electrons. The van der Waals surface area contributed by atoms with E-state index in [1.165, 1.54) is 5.56 Å². The van der Waals surface area contributed by atoms with Gasteiger partial charge in [-0.2, -0.15) is 0 Å². The van der Waals surface area contributed by atoms with E-state index in [1.54, 1.807) is 0 Å². The minimum atomic E-state index is -0.0356. The molecule has 1 N–H and O–H groups in total. The van der Waals surface area contributed by atoms with Crippen molar-refractivity contribution >= 4 is 11.9 Å². The van der Waals surface area contributed by atoms with Crippen molar-refractivity contribution in [1.82, 2.24) is 15.3 Å². The van der Waals surface area contributed by atoms with Crippen molar-refractivity contribution in [2.24, 2.45) is 5.92 Å². The first-order chi connectivity index (χ1) is 14.2. The summed E-state index contributed by atoms with van der Waals surface area (Å²) in [4.78, 5) is 23.9. The van der Waals surface area contributed by atoms with Crippen LogP contribution >= 0.6 is 0 Å². The van der Waals surface area contributed by atoms with Gasteiger partial charge in [-0.3, -0.25) is 4.79 Å². The summed E-state index contributed by atoms with van der Waals surface area (Å²) in [6.45, 7) is 4.17. The number of benzene rings is 2. The number of nitrogens with one attached hydrogen (secondary N) is 1. The zero-order valence-corrected chi connectivity index (χ0v) is 16.7. The zero-order valence-electron chi connectivity index (χ0n) is 16.7. The van der Waals surface area contributed by atoms with Crippen LogP contribution in [0.1, 0.15) is 24.0 Å². The molecular weight excluding hydrogens is 360 g/mol. The van der Waals surface area contributed by atoms with Gasteiger partial charge >= 0.3 is 0 Å². The van der Waals surface area contributed by atoms with Crippen molar-refractivity contribution in [2.75, 3.05) is 18.0 Å². The molecule has 2 heterocycles. The first-order valence-electron chi connectivity index (χ1n) is 10.1. The average molecular weight is 386 g/mol. The second-order valence-electron chi connectivity index (χ2n) is 7.63. The number of hydrogen-bond donors (Lipinski definition) is 1. The van der Waals surface area contributed by atoms with Crippen LogP contribution in [0.15, 0.2) is 67.0 Å². The fourth-order valence-electron chi connectivity index (χ4n) is 3.68. The minimum absolute atomic E-state index is 0.0356. The molecule has 2 aromatic carbocycles. The highest BCUT2D eigenvalue weighted by molar-refractivity contribution is 5.79. The lowest BCUT2D eigenvalue weighted by molar-refractivity contribution is -0.125. The van der Waals surface area contributed by atoms with E-state index >= 15 is 0 Å². The van der Waals surface area contributed by atoms with Crippen molar-refractivity contribution in [3.05, 3.63) is 78.1 Å². The number of carbonyl (C=O) groups is 1. The lowest BCUT2D eigenvalue weighted by Gasteiger charge is -2.32. The molecule has 5 heteroatoms. The van der Waals surface area contributed by atoms with Gasteiger partial charge in [-0.25, -0.2) is 9.97 Å². The maximum Gasteiger partial charge on any atom is 0.225 e. The Morgan fingerprint density at radius 1 is 1.03 bits per heavy atom. The molecule has 0 bridgehead atoms. The molecule has 0 saturated carbocycles. The predicted octanol–water partition coefficient (Wildman–Crippen LogP) is 3.98. The maximum atomic E-state index is 12.7. The fraction of sp³-hybridized carbons (Fsp3) is 0.292. The van der Waals surface area contributed by atoms with Crippen molar-refractivity contribution in [3.8, 4) is 11.1 Å². The van der Waals surface area contributed by atoms with Gasteiger partial charge in [-0.15, -0.1) is 0 Å². The van der Waals surface area contributed by atoms with Crippen LogP contribution in [0.2, 0.25) is 0 Å². The van der Waals surface area contributed by atoms with E-state index in [0.29, 0.717) is 19.0 Å². The van der Waals surface area contributed by atoms with Crippen LogP contribution < -0.4 is 10.2 Å². The molecule has 1 atom stereocenters. The summed E-state index contributed by atoms with van der Waals surface area (Å²) in [5.74, 6) is 0.767. The van der Waals surface area contributed by atoms with Gasteiger partial charge in [0.15, 0.2) is 0 Å². The summed E-state index contributed by atoms with van der Waals surface area (Å²) in [5, 5.41) is 3.08. The maximum absolute atomic E-state index is 12.7. The van der Waals surface area contributed by atoms with Crippen LogP contribution in [-0.4, -0.2) is 29.0 Å². The van der Waals surface area contributed by atoms with Gasteiger partial charge in [-0.1, -0.05) is 60.2 Å². The molecule has 1 aromatic heterocycles. The topological polar surface area (TPSA) is 58.1 Å². The Balaban J connectivity index is 1.36. The molecule has 0 aliphatic carbocycles. The van der Waals surface area contributed by atoms with Crippen LogP contribution in [0.4, 0.5) is 5.95 Å². The van der Waals surface area contributed by atoms with Crippen molar-refractivity contribution in [1.29, 1.82) is 0 Å². The van der Waals surface area contributed by atoms with E-state index in [-0.39, 0.29) is 11.8 Å². The van der Waals surface area contributed by atoms with Crippen molar-refractivity contribution in [3.63, 3.8) is 0 Å². The van der Waals surface area contributed by atoms with Crippen LogP contribution in [0.25, 0.3) is 11.1 Å². The lowest BCUT2D eigenvalue weighted by atomic mass is 9.97. The van der Waals surface area contributed by atoms with Gasteiger partial charge in [0, 0.05) is 37.6 Å². The third-order valence-electron chi connectivity index (χ3n) is 5.41. The Morgan fingerprint density at radius 3 is 2.48 bits per heavy atom. The molecule has 1 aliphatic rings. The van der Waals surface area contributed by atoms with E-state index in [9.17, 15) is 4.79 Å². The number of rotatable bonds is 5. The normalized spacial score (nSPS) is 16.4. The first-order valence-corrected chi connectivity index (χ1v) is 10.1. The van der Waals surface area contributed by atoms with E-state index in [0.717, 1.165) is 36.1 Å². The number of aryl methyl sites for hydroxylation is 1. The molecule has 1 unspecified atom stereocenters. The Hall–Kier alpha value is -3.21. The molecule has 1 amide bonds. The Morgan fingerprint density at radius 2 is 1.76 bits per heavy atom. The SMILES string of the molecule is Cc1ccc(CNC(=O)C2CCCN(c3ncc(-c4ccccc4)cn3)C2)cc1. The summed E-state index contributed by atoms with van der Waals surface area (Å²) >= 11 is 0. The van der Waals surface area contributed by atoms with Crippen molar-refractivity contribution < 1.29 is 4.79 Å². The number of piperidine rings is 1. The molecule has 4 rings (SSSR count). The average Bonchev–Trinajstić information content (AvgIpc) is 2.79. The fourth-order valence-corrected chi connectivity index (χ4v) is 3.68. The number of hydrogen-bond acceptors (Lipinski definition) is 4. The molecule has 1 fully saturated rings. The van der Waals surface area contributed by atoms with Gasteiger partial charge < -0.3 is 10.2 Å². The predicted molar refractivity (Wildman–Crippen MR) is 115 cm³/mol. The molecule has 1 saturated heterocycles. The summed E-state index contributed by atoms with van der Waals surface area (Å²) in [6, 6.07) is 18.4. The Bertz CT molecular complexity index is 939. The standard InChI is InChI=1S/C24H26N4O/c1-18-9-11-19(12-10-18)14-25-23(29)21-8-5-13-28(17-21)24-26-15-22(16-27-24)20-6-3-2-4-7-20/h2-4,6-7,9-12,15-16,21H,5,8,13-14,17H2,1H3,(H,25,29). The molecule has 0 spiro atoms. The van der Waals surface area contributed by atoms with Crippen LogP contribution in [-0.2, 0) is 11.3 Å². The van der Waals surface area contributed by atoms with Crippen LogP contribution in [0, 0.1) is 12.8 Å². The number of nitrogens with zero attached hydrogens (tertiary/aromatic N) is 3. The van der Waals surface area contributed by atoms with Crippen LogP contribution in [0.5, 0.6) is 0 Å². The minimum Gasteiger partial charge on any atom is -0.352 e. The summed E-state index contributed by atoms with van der Waals surface area (Å²) in [7, 11) is 0. The largest absolute Gasteiger partial charge is 0.352 e. The highest BCUT2D eigenvalue weighted by Gasteiger charge is 2.27. The smallest absolute Gasteiger partial charge is 0.225 e. The van der Waals surface area contributed by atoms with Crippen molar-refractivity contribution in [2.45, 2.75) is 26.3 Å².